The van der Waals surface area contributed by atoms with Crippen molar-refractivity contribution in [1.29, 1.82) is 0 Å². The number of hydrogen-bond acceptors (Lipinski definition) is 2. The molecule has 0 bridgehead atoms. The molecule has 1 heterocycles. The monoisotopic (exact) mass is 296 g/mol. The van der Waals surface area contributed by atoms with Crippen molar-refractivity contribution in [2.75, 3.05) is 5.73 Å². The largest absolute Gasteiger partial charge is 0.399 e. The highest BCUT2D eigenvalue weighted by atomic mass is 127. The maximum absolute atomic E-state index is 5.70. The zero-order valence-corrected chi connectivity index (χ0v) is 9.60. The van der Waals surface area contributed by atoms with Gasteiger partial charge in [-0.05, 0) is 40.8 Å². The second-order valence-electron chi connectivity index (χ2n) is 2.95. The standard InChI is InChI=1S/C11H9IN2/c12-10-4-2-1-3-9(10)11-7-8(13)5-6-14-11/h1-7H,(H2,13,14). The number of pyridine rings is 1. The summed E-state index contributed by atoms with van der Waals surface area (Å²) < 4.78 is 1.18. The lowest BCUT2D eigenvalue weighted by Gasteiger charge is -2.03. The molecule has 0 radical (unpaired) electrons. The first-order chi connectivity index (χ1) is 6.77. The maximum Gasteiger partial charge on any atom is 0.0733 e. The smallest absolute Gasteiger partial charge is 0.0733 e. The van der Waals surface area contributed by atoms with E-state index < -0.39 is 0 Å². The van der Waals surface area contributed by atoms with E-state index >= 15 is 0 Å². The molecule has 2 rings (SSSR count). The first-order valence-corrected chi connectivity index (χ1v) is 5.31. The third-order valence-electron chi connectivity index (χ3n) is 1.93. The normalized spacial score (nSPS) is 10.1. The van der Waals surface area contributed by atoms with E-state index in [0.717, 1.165) is 16.9 Å². The minimum Gasteiger partial charge on any atom is -0.399 e. The van der Waals surface area contributed by atoms with Gasteiger partial charge in [0.2, 0.25) is 0 Å². The van der Waals surface area contributed by atoms with Gasteiger partial charge in [-0.2, -0.15) is 0 Å². The van der Waals surface area contributed by atoms with Crippen LogP contribution < -0.4 is 5.73 Å². The third kappa shape index (κ3) is 1.87. The van der Waals surface area contributed by atoms with Crippen molar-refractivity contribution in [3.05, 3.63) is 46.2 Å². The summed E-state index contributed by atoms with van der Waals surface area (Å²) in [5, 5.41) is 0. The Bertz CT molecular complexity index is 455. The molecule has 0 saturated heterocycles. The Morgan fingerprint density at radius 2 is 1.93 bits per heavy atom. The number of nitrogens with two attached hydrogens (primary N) is 1. The highest BCUT2D eigenvalue weighted by molar-refractivity contribution is 14.1. The minimum absolute atomic E-state index is 0.745. The predicted molar refractivity (Wildman–Crippen MR) is 66.8 cm³/mol. The lowest BCUT2D eigenvalue weighted by molar-refractivity contribution is 1.32. The molecule has 0 atom stereocenters. The van der Waals surface area contributed by atoms with Crippen LogP contribution in [0.3, 0.4) is 0 Å². The Hall–Kier alpha value is -1.10. The van der Waals surface area contributed by atoms with E-state index in [1.54, 1.807) is 12.3 Å². The first kappa shape index (κ1) is 9.45. The summed E-state index contributed by atoms with van der Waals surface area (Å²) >= 11 is 2.29. The van der Waals surface area contributed by atoms with Gasteiger partial charge in [0, 0.05) is 21.0 Å². The molecular formula is C11H9IN2. The molecule has 0 fully saturated rings. The fourth-order valence-electron chi connectivity index (χ4n) is 1.26. The predicted octanol–water partition coefficient (Wildman–Crippen LogP) is 2.94. The Balaban J connectivity index is 2.55. The van der Waals surface area contributed by atoms with Gasteiger partial charge in [-0.15, -0.1) is 0 Å². The zero-order valence-electron chi connectivity index (χ0n) is 7.44. The molecule has 2 nitrogen and oxygen atoms in total. The Kier molecular flexibility index (Phi) is 2.67. The van der Waals surface area contributed by atoms with Gasteiger partial charge in [0.05, 0.1) is 5.69 Å². The molecule has 0 unspecified atom stereocenters. The fourth-order valence-corrected chi connectivity index (χ4v) is 1.93. The number of nitrogens with zero attached hydrogens (tertiary/aromatic N) is 1. The van der Waals surface area contributed by atoms with Crippen molar-refractivity contribution in [1.82, 2.24) is 4.98 Å². The van der Waals surface area contributed by atoms with Crippen LogP contribution >= 0.6 is 22.6 Å². The number of aromatic nitrogens is 1. The first-order valence-electron chi connectivity index (χ1n) is 4.24. The molecule has 14 heavy (non-hydrogen) atoms. The molecular weight excluding hydrogens is 287 g/mol. The number of rotatable bonds is 1. The lowest BCUT2D eigenvalue weighted by atomic mass is 10.1. The van der Waals surface area contributed by atoms with E-state index in [2.05, 4.69) is 33.6 Å². The Morgan fingerprint density at radius 1 is 1.14 bits per heavy atom. The van der Waals surface area contributed by atoms with Crippen LogP contribution in [0.4, 0.5) is 5.69 Å². The summed E-state index contributed by atoms with van der Waals surface area (Å²) in [6.07, 6.45) is 1.73. The third-order valence-corrected chi connectivity index (χ3v) is 2.87. The molecule has 0 aliphatic rings. The summed E-state index contributed by atoms with van der Waals surface area (Å²) in [4.78, 5) is 4.29. The highest BCUT2D eigenvalue weighted by Gasteiger charge is 2.02. The van der Waals surface area contributed by atoms with Crippen LogP contribution in [-0.4, -0.2) is 4.98 Å². The number of nitrogen functional groups attached to an aromatic ring is 1. The van der Waals surface area contributed by atoms with E-state index in [9.17, 15) is 0 Å². The van der Waals surface area contributed by atoms with Gasteiger partial charge >= 0.3 is 0 Å². The zero-order chi connectivity index (χ0) is 9.97. The molecule has 0 aliphatic heterocycles. The lowest BCUT2D eigenvalue weighted by Crippen LogP contribution is -1.89. The molecule has 1 aromatic heterocycles. The summed E-state index contributed by atoms with van der Waals surface area (Å²) in [6, 6.07) is 11.8. The SMILES string of the molecule is Nc1ccnc(-c2ccccc2I)c1. The highest BCUT2D eigenvalue weighted by Crippen LogP contribution is 2.23. The molecule has 0 saturated carbocycles. The molecule has 3 heteroatoms. The number of anilines is 1. The van der Waals surface area contributed by atoms with Crippen LogP contribution in [0.15, 0.2) is 42.6 Å². The van der Waals surface area contributed by atoms with Crippen LogP contribution in [0, 0.1) is 3.57 Å². The quantitative estimate of drug-likeness (QED) is 0.822. The molecule has 2 N–H and O–H groups in total. The van der Waals surface area contributed by atoms with Gasteiger partial charge in [0.25, 0.3) is 0 Å². The van der Waals surface area contributed by atoms with Crippen LogP contribution in [0.2, 0.25) is 0 Å². The second kappa shape index (κ2) is 3.96. The van der Waals surface area contributed by atoms with Crippen LogP contribution in [0.5, 0.6) is 0 Å². The van der Waals surface area contributed by atoms with Gasteiger partial charge in [-0.25, -0.2) is 0 Å². The van der Waals surface area contributed by atoms with Crippen molar-refractivity contribution in [3.8, 4) is 11.3 Å². The van der Waals surface area contributed by atoms with Crippen LogP contribution in [-0.2, 0) is 0 Å². The average Bonchev–Trinajstić information content (AvgIpc) is 2.18. The Labute approximate surface area is 96.3 Å². The van der Waals surface area contributed by atoms with Crippen molar-refractivity contribution >= 4 is 28.3 Å². The van der Waals surface area contributed by atoms with Crippen LogP contribution in [0.25, 0.3) is 11.3 Å². The van der Waals surface area contributed by atoms with Crippen molar-refractivity contribution in [2.24, 2.45) is 0 Å². The Morgan fingerprint density at radius 3 is 2.64 bits per heavy atom. The molecule has 1 aromatic carbocycles. The van der Waals surface area contributed by atoms with E-state index in [1.165, 1.54) is 3.57 Å². The second-order valence-corrected chi connectivity index (χ2v) is 4.12. The minimum atomic E-state index is 0.745. The molecule has 70 valence electrons. The summed E-state index contributed by atoms with van der Waals surface area (Å²) in [6.45, 7) is 0. The van der Waals surface area contributed by atoms with E-state index in [1.807, 2.05) is 24.3 Å². The maximum atomic E-state index is 5.70. The van der Waals surface area contributed by atoms with Gasteiger partial charge in [0.15, 0.2) is 0 Å². The van der Waals surface area contributed by atoms with Gasteiger partial charge in [-0.3, -0.25) is 4.98 Å². The molecule has 2 aromatic rings. The number of benzene rings is 1. The molecule has 0 amide bonds. The van der Waals surface area contributed by atoms with E-state index in [4.69, 9.17) is 5.73 Å². The number of hydrogen-bond donors (Lipinski definition) is 1. The van der Waals surface area contributed by atoms with Gasteiger partial charge in [-0.1, -0.05) is 18.2 Å². The number of halogens is 1. The van der Waals surface area contributed by atoms with Crippen LogP contribution in [0.1, 0.15) is 0 Å². The van der Waals surface area contributed by atoms with E-state index in [-0.39, 0.29) is 0 Å². The summed E-state index contributed by atoms with van der Waals surface area (Å²) in [5.41, 5.74) is 8.50. The van der Waals surface area contributed by atoms with E-state index in [0.29, 0.717) is 0 Å². The summed E-state index contributed by atoms with van der Waals surface area (Å²) in [7, 11) is 0. The fraction of sp³-hybridized carbons (Fsp3) is 0. The van der Waals surface area contributed by atoms with Gasteiger partial charge in [0.1, 0.15) is 0 Å². The molecule has 0 aliphatic carbocycles. The van der Waals surface area contributed by atoms with Crippen molar-refractivity contribution < 1.29 is 0 Å². The summed E-state index contributed by atoms with van der Waals surface area (Å²) in [5.74, 6) is 0. The average molecular weight is 296 g/mol. The van der Waals surface area contributed by atoms with Gasteiger partial charge < -0.3 is 5.73 Å². The van der Waals surface area contributed by atoms with Crippen molar-refractivity contribution in [2.45, 2.75) is 0 Å². The van der Waals surface area contributed by atoms with Crippen molar-refractivity contribution in [3.63, 3.8) is 0 Å². The molecule has 0 spiro atoms. The topological polar surface area (TPSA) is 38.9 Å².